The molecule has 0 saturated heterocycles. The fraction of sp³-hybridized carbons (Fsp3) is 0. The van der Waals surface area contributed by atoms with Crippen LogP contribution in [0.5, 0.6) is 5.75 Å². The van der Waals surface area contributed by atoms with Crippen molar-refractivity contribution in [3.8, 4) is 5.75 Å². The number of rotatable bonds is 2. The summed E-state index contributed by atoms with van der Waals surface area (Å²) in [6.45, 7) is 0. The molecule has 0 atom stereocenters. The number of halogens is 2. The van der Waals surface area contributed by atoms with Gasteiger partial charge >= 0.3 is 0 Å². The summed E-state index contributed by atoms with van der Waals surface area (Å²) in [7, 11) is 0. The molecule has 1 aromatic carbocycles. The second kappa shape index (κ2) is 5.37. The average Bonchev–Trinajstić information content (AvgIpc) is 2.32. The Balaban J connectivity index is 2.25. The van der Waals surface area contributed by atoms with Gasteiger partial charge in [-0.2, -0.15) is 0 Å². The molecule has 0 aliphatic heterocycles. The van der Waals surface area contributed by atoms with Gasteiger partial charge in [0.05, 0.1) is 10.6 Å². The quantitative estimate of drug-likeness (QED) is 0.888. The third-order valence-corrected chi connectivity index (χ3v) is 2.99. The van der Waals surface area contributed by atoms with E-state index in [2.05, 4.69) is 26.2 Å². The number of aromatic nitrogens is 1. The molecule has 0 bridgehead atoms. The van der Waals surface area contributed by atoms with Gasteiger partial charge in [0.2, 0.25) is 0 Å². The lowest BCUT2D eigenvalue weighted by atomic mass is 10.2. The van der Waals surface area contributed by atoms with Crippen molar-refractivity contribution in [1.82, 2.24) is 4.98 Å². The molecule has 2 N–H and O–H groups in total. The minimum absolute atomic E-state index is 0.117. The molecule has 18 heavy (non-hydrogen) atoms. The highest BCUT2D eigenvalue weighted by molar-refractivity contribution is 9.10. The van der Waals surface area contributed by atoms with Crippen LogP contribution >= 0.6 is 27.5 Å². The molecule has 6 heteroatoms. The SMILES string of the molecule is O=C(Nc1ncccc1Cl)c1ccc(Br)cc1O. The molecule has 4 nitrogen and oxygen atoms in total. The predicted octanol–water partition coefficient (Wildman–Crippen LogP) is 3.46. The third kappa shape index (κ3) is 2.80. The minimum Gasteiger partial charge on any atom is -0.507 e. The lowest BCUT2D eigenvalue weighted by Gasteiger charge is -2.07. The van der Waals surface area contributed by atoms with Gasteiger partial charge in [-0.3, -0.25) is 4.79 Å². The van der Waals surface area contributed by atoms with Gasteiger partial charge in [-0.05, 0) is 30.3 Å². The zero-order valence-electron chi connectivity index (χ0n) is 9.02. The Morgan fingerprint density at radius 1 is 1.39 bits per heavy atom. The first kappa shape index (κ1) is 12.9. The molecule has 1 heterocycles. The van der Waals surface area contributed by atoms with E-state index in [4.69, 9.17) is 11.6 Å². The maximum atomic E-state index is 11.9. The van der Waals surface area contributed by atoms with Crippen LogP contribution in [0.3, 0.4) is 0 Å². The van der Waals surface area contributed by atoms with E-state index in [0.29, 0.717) is 9.50 Å². The van der Waals surface area contributed by atoms with Crippen LogP contribution in [0.2, 0.25) is 5.02 Å². The maximum absolute atomic E-state index is 11.9. The van der Waals surface area contributed by atoms with Gasteiger partial charge in [-0.1, -0.05) is 27.5 Å². The second-order valence-electron chi connectivity index (χ2n) is 3.45. The van der Waals surface area contributed by atoms with Crippen LogP contribution in [-0.4, -0.2) is 16.0 Å². The molecule has 0 aliphatic rings. The monoisotopic (exact) mass is 326 g/mol. The van der Waals surface area contributed by atoms with Crippen molar-refractivity contribution in [3.05, 3.63) is 51.6 Å². The van der Waals surface area contributed by atoms with Gasteiger partial charge in [0.15, 0.2) is 5.82 Å². The molecule has 0 fully saturated rings. The normalized spacial score (nSPS) is 10.1. The largest absolute Gasteiger partial charge is 0.507 e. The fourth-order valence-electron chi connectivity index (χ4n) is 1.35. The summed E-state index contributed by atoms with van der Waals surface area (Å²) in [5.74, 6) is -0.332. The van der Waals surface area contributed by atoms with Crippen LogP contribution in [0.1, 0.15) is 10.4 Å². The highest BCUT2D eigenvalue weighted by Gasteiger charge is 2.13. The van der Waals surface area contributed by atoms with Gasteiger partial charge in [0.25, 0.3) is 5.91 Å². The van der Waals surface area contributed by atoms with E-state index in [1.807, 2.05) is 0 Å². The van der Waals surface area contributed by atoms with E-state index in [9.17, 15) is 9.90 Å². The van der Waals surface area contributed by atoms with Crippen LogP contribution in [-0.2, 0) is 0 Å². The maximum Gasteiger partial charge on any atom is 0.260 e. The number of aromatic hydroxyl groups is 1. The number of phenols is 1. The number of carbonyl (C=O) groups excluding carboxylic acids is 1. The molecule has 92 valence electrons. The third-order valence-electron chi connectivity index (χ3n) is 2.19. The lowest BCUT2D eigenvalue weighted by molar-refractivity contribution is 0.102. The van der Waals surface area contributed by atoms with Gasteiger partial charge in [-0.15, -0.1) is 0 Å². The van der Waals surface area contributed by atoms with Crippen molar-refractivity contribution < 1.29 is 9.90 Å². The van der Waals surface area contributed by atoms with Crippen LogP contribution in [0.25, 0.3) is 0 Å². The van der Waals surface area contributed by atoms with Crippen molar-refractivity contribution >= 4 is 39.3 Å². The first-order chi connectivity index (χ1) is 8.58. The van der Waals surface area contributed by atoms with Crippen molar-refractivity contribution in [2.24, 2.45) is 0 Å². The molecule has 2 rings (SSSR count). The molecular formula is C12H8BrClN2O2. The number of amides is 1. The Morgan fingerprint density at radius 2 is 2.17 bits per heavy atom. The predicted molar refractivity (Wildman–Crippen MR) is 73.0 cm³/mol. The summed E-state index contributed by atoms with van der Waals surface area (Å²) in [5.41, 5.74) is 0.153. The smallest absolute Gasteiger partial charge is 0.260 e. The van der Waals surface area contributed by atoms with Crippen molar-refractivity contribution in [3.63, 3.8) is 0 Å². The van der Waals surface area contributed by atoms with Crippen molar-refractivity contribution in [2.75, 3.05) is 5.32 Å². The minimum atomic E-state index is -0.472. The second-order valence-corrected chi connectivity index (χ2v) is 4.77. The molecule has 2 aromatic rings. The molecular weight excluding hydrogens is 320 g/mol. The number of hydrogen-bond acceptors (Lipinski definition) is 3. The molecule has 0 radical (unpaired) electrons. The Bertz CT molecular complexity index is 604. The van der Waals surface area contributed by atoms with E-state index in [-0.39, 0.29) is 17.1 Å². The molecule has 1 aromatic heterocycles. The Morgan fingerprint density at radius 3 is 2.83 bits per heavy atom. The summed E-state index contributed by atoms with van der Waals surface area (Å²) in [4.78, 5) is 15.8. The highest BCUT2D eigenvalue weighted by atomic mass is 79.9. The number of anilines is 1. The van der Waals surface area contributed by atoms with Gasteiger partial charge in [0.1, 0.15) is 5.75 Å². The topological polar surface area (TPSA) is 62.2 Å². The number of carbonyl (C=O) groups is 1. The zero-order chi connectivity index (χ0) is 13.1. The number of hydrogen-bond donors (Lipinski definition) is 2. The van der Waals surface area contributed by atoms with Crippen LogP contribution < -0.4 is 5.32 Å². The van der Waals surface area contributed by atoms with E-state index in [0.717, 1.165) is 0 Å². The highest BCUT2D eigenvalue weighted by Crippen LogP contribution is 2.24. The molecule has 0 aliphatic carbocycles. The van der Waals surface area contributed by atoms with Crippen LogP contribution in [0, 0.1) is 0 Å². The van der Waals surface area contributed by atoms with Gasteiger partial charge in [-0.25, -0.2) is 4.98 Å². The average molecular weight is 328 g/mol. The van der Waals surface area contributed by atoms with E-state index < -0.39 is 5.91 Å². The summed E-state index contributed by atoms with van der Waals surface area (Å²) in [6.07, 6.45) is 1.52. The standard InChI is InChI=1S/C12H8BrClN2O2/c13-7-3-4-8(10(17)6-7)12(18)16-11-9(14)2-1-5-15-11/h1-6,17H,(H,15,16,18). The first-order valence-corrected chi connectivity index (χ1v) is 6.15. The van der Waals surface area contributed by atoms with E-state index >= 15 is 0 Å². The van der Waals surface area contributed by atoms with Crippen LogP contribution in [0.4, 0.5) is 5.82 Å². The number of benzene rings is 1. The number of nitrogens with zero attached hydrogens (tertiary/aromatic N) is 1. The van der Waals surface area contributed by atoms with Crippen LogP contribution in [0.15, 0.2) is 41.0 Å². The fourth-order valence-corrected chi connectivity index (χ4v) is 1.87. The van der Waals surface area contributed by atoms with Crippen molar-refractivity contribution in [1.29, 1.82) is 0 Å². The van der Waals surface area contributed by atoms with E-state index in [1.165, 1.54) is 18.3 Å². The lowest BCUT2D eigenvalue weighted by Crippen LogP contribution is -2.13. The summed E-state index contributed by atoms with van der Waals surface area (Å²) in [5, 5.41) is 12.5. The number of pyridine rings is 1. The summed E-state index contributed by atoms with van der Waals surface area (Å²) >= 11 is 9.07. The van der Waals surface area contributed by atoms with E-state index in [1.54, 1.807) is 18.2 Å². The van der Waals surface area contributed by atoms with Gasteiger partial charge in [0, 0.05) is 10.7 Å². The Kier molecular flexibility index (Phi) is 3.84. The van der Waals surface area contributed by atoms with Crippen molar-refractivity contribution in [2.45, 2.75) is 0 Å². The molecule has 0 unspecified atom stereocenters. The first-order valence-electron chi connectivity index (χ1n) is 4.98. The summed E-state index contributed by atoms with van der Waals surface area (Å²) < 4.78 is 0.687. The Labute approximate surface area is 117 Å². The summed E-state index contributed by atoms with van der Waals surface area (Å²) in [6, 6.07) is 7.88. The molecule has 1 amide bonds. The molecule has 0 spiro atoms. The number of nitrogens with one attached hydrogen (secondary N) is 1. The van der Waals surface area contributed by atoms with Gasteiger partial charge < -0.3 is 10.4 Å². The zero-order valence-corrected chi connectivity index (χ0v) is 11.4. The Hall–Kier alpha value is -1.59. The number of phenolic OH excluding ortho intramolecular Hbond substituents is 1. The molecule has 0 saturated carbocycles.